The van der Waals surface area contributed by atoms with E-state index >= 15 is 0 Å². The second-order valence-electron chi connectivity index (χ2n) is 23.5. The van der Waals surface area contributed by atoms with Crippen LogP contribution >= 0.6 is 23.2 Å². The molecule has 2 fully saturated rings. The summed E-state index contributed by atoms with van der Waals surface area (Å²) >= 11 is 13.1. The molecular formula is C60H84Cl2O8. The van der Waals surface area contributed by atoms with Gasteiger partial charge in [0.15, 0.2) is 46.3 Å². The van der Waals surface area contributed by atoms with E-state index in [9.17, 15) is 38.4 Å². The van der Waals surface area contributed by atoms with Crippen molar-refractivity contribution >= 4 is 69.5 Å². The monoisotopic (exact) mass is 1000 g/mol. The Kier molecular flexibility index (Phi) is 22.2. The lowest BCUT2D eigenvalue weighted by Gasteiger charge is -2.41. The largest absolute Gasteiger partial charge is 0.298 e. The van der Waals surface area contributed by atoms with Crippen LogP contribution < -0.4 is 0 Å². The average Bonchev–Trinajstić information content (AvgIpc) is 3.27. The smallest absolute Gasteiger partial charge is 0.164 e. The molecule has 4 rings (SSSR count). The number of aryl methyl sites for hydroxylation is 2. The third kappa shape index (κ3) is 15.0. The Labute approximate surface area is 430 Å². The van der Waals surface area contributed by atoms with E-state index in [2.05, 4.69) is 27.7 Å². The topological polar surface area (TPSA) is 137 Å². The molecule has 0 radical (unpaired) electrons. The number of hydrogen-bond donors (Lipinski definition) is 0. The van der Waals surface area contributed by atoms with Crippen LogP contribution in [0, 0.1) is 70.0 Å². The lowest BCUT2D eigenvalue weighted by Crippen LogP contribution is -2.58. The minimum absolute atomic E-state index is 0.0381. The molecule has 0 N–H and O–H groups in total. The summed E-state index contributed by atoms with van der Waals surface area (Å²) in [6.07, 6.45) is 6.36. The number of halogens is 2. The molecule has 0 spiro atoms. The van der Waals surface area contributed by atoms with Crippen molar-refractivity contribution in [1.29, 1.82) is 0 Å². The maximum absolute atomic E-state index is 14.8. The van der Waals surface area contributed by atoms with Crippen molar-refractivity contribution in [2.45, 2.75) is 185 Å². The first kappa shape index (κ1) is 58.9. The second-order valence-corrected chi connectivity index (χ2v) is 24.3. The lowest BCUT2D eigenvalue weighted by molar-refractivity contribution is -0.163. The van der Waals surface area contributed by atoms with Crippen LogP contribution in [0.15, 0.2) is 42.5 Å². The number of Topliss-reactive ketones (excluding diaryl/α,β-unsaturated/α-hetero) is 8. The summed E-state index contributed by atoms with van der Waals surface area (Å²) < 4.78 is 0. The minimum atomic E-state index is -1.50. The third-order valence-electron chi connectivity index (χ3n) is 15.4. The summed E-state index contributed by atoms with van der Waals surface area (Å²) in [5, 5.41) is 0.974. The molecule has 2 aliphatic carbocycles. The predicted molar refractivity (Wildman–Crippen MR) is 281 cm³/mol. The van der Waals surface area contributed by atoms with Crippen molar-refractivity contribution in [1.82, 2.24) is 0 Å². The zero-order valence-electron chi connectivity index (χ0n) is 44.4. The highest BCUT2D eigenvalue weighted by molar-refractivity contribution is 6.35. The molecule has 0 aliphatic heterocycles. The zero-order chi connectivity index (χ0) is 52.2. The molecule has 0 aromatic heterocycles. The van der Waals surface area contributed by atoms with Crippen molar-refractivity contribution in [2.75, 3.05) is 0 Å². The van der Waals surface area contributed by atoms with Crippen LogP contribution in [0.1, 0.15) is 183 Å². The highest BCUT2D eigenvalue weighted by Crippen LogP contribution is 2.47. The molecule has 5 atom stereocenters. The fourth-order valence-corrected chi connectivity index (χ4v) is 11.4. The van der Waals surface area contributed by atoms with Gasteiger partial charge in [0.2, 0.25) is 0 Å². The van der Waals surface area contributed by atoms with Crippen molar-refractivity contribution in [2.24, 2.45) is 70.0 Å². The lowest BCUT2D eigenvalue weighted by atomic mass is 9.57. The van der Waals surface area contributed by atoms with Gasteiger partial charge in [0.05, 0.1) is 22.7 Å². The van der Waals surface area contributed by atoms with E-state index in [1.165, 1.54) is 0 Å². The summed E-state index contributed by atoms with van der Waals surface area (Å²) in [6.45, 7) is 22.5. The van der Waals surface area contributed by atoms with E-state index in [0.29, 0.717) is 87.1 Å². The number of carbonyl (C=O) groups excluding carboxylic acids is 8. The molecule has 2 aliphatic rings. The SMILES string of the molecule is CC(C)CCC1C(=O)C(C(=O)CCc2cc(Cl)cc(CC(C)CCC3C(=O)C(C(=O)CCc4ccccc4Cl)C(=O)C(CCC(C)C)(CCC(C)C)C3=O)c2)C(=O)C(CCC(C)C)(CCC(C)C)C1=O. The first-order valence-electron chi connectivity index (χ1n) is 26.7. The number of carbonyl (C=O) groups is 8. The molecule has 0 heterocycles. The van der Waals surface area contributed by atoms with E-state index in [4.69, 9.17) is 23.2 Å². The Morgan fingerprint density at radius 3 is 1.33 bits per heavy atom. The number of hydrogen-bond acceptors (Lipinski definition) is 8. The van der Waals surface area contributed by atoms with Gasteiger partial charge in [-0.1, -0.05) is 124 Å². The van der Waals surface area contributed by atoms with Gasteiger partial charge in [-0.3, -0.25) is 38.4 Å². The molecule has 70 heavy (non-hydrogen) atoms. The van der Waals surface area contributed by atoms with Crippen LogP contribution in [0.2, 0.25) is 10.0 Å². The normalized spacial score (nSPS) is 21.0. The van der Waals surface area contributed by atoms with E-state index in [1.807, 2.05) is 72.7 Å². The van der Waals surface area contributed by atoms with Gasteiger partial charge in [0, 0.05) is 22.9 Å². The molecule has 10 heteroatoms. The molecular weight excluding hydrogens is 920 g/mol. The Morgan fingerprint density at radius 1 is 0.500 bits per heavy atom. The molecule has 2 aromatic rings. The highest BCUT2D eigenvalue weighted by Gasteiger charge is 2.60. The van der Waals surface area contributed by atoms with E-state index in [0.717, 1.165) is 16.7 Å². The molecule has 5 unspecified atom stereocenters. The minimum Gasteiger partial charge on any atom is -0.298 e. The van der Waals surface area contributed by atoms with Crippen molar-refractivity contribution in [3.05, 3.63) is 69.2 Å². The summed E-state index contributed by atoms with van der Waals surface area (Å²) in [5.41, 5.74) is -0.359. The Bertz CT molecular complexity index is 2170. The second kappa shape index (κ2) is 26.4. The van der Waals surface area contributed by atoms with E-state index in [-0.39, 0.29) is 79.2 Å². The molecule has 0 saturated heterocycles. The Morgan fingerprint density at radius 2 is 0.900 bits per heavy atom. The van der Waals surface area contributed by atoms with Crippen LogP contribution in [0.5, 0.6) is 0 Å². The van der Waals surface area contributed by atoms with Gasteiger partial charge in [0.1, 0.15) is 11.8 Å². The number of rotatable bonds is 28. The van der Waals surface area contributed by atoms with Crippen molar-refractivity contribution in [3.8, 4) is 0 Å². The van der Waals surface area contributed by atoms with Crippen molar-refractivity contribution in [3.63, 3.8) is 0 Å². The number of ketones is 8. The molecule has 0 bridgehead atoms. The molecule has 0 amide bonds. The van der Waals surface area contributed by atoms with Gasteiger partial charge in [-0.15, -0.1) is 0 Å². The summed E-state index contributed by atoms with van der Waals surface area (Å²) in [6, 6.07) is 12.8. The molecule has 2 saturated carbocycles. The maximum atomic E-state index is 14.8. The van der Waals surface area contributed by atoms with Gasteiger partial charge in [0.25, 0.3) is 0 Å². The van der Waals surface area contributed by atoms with E-state index in [1.54, 1.807) is 18.2 Å². The third-order valence-corrected chi connectivity index (χ3v) is 16.0. The van der Waals surface area contributed by atoms with Gasteiger partial charge < -0.3 is 0 Å². The van der Waals surface area contributed by atoms with Crippen LogP contribution in [0.4, 0.5) is 0 Å². The highest BCUT2D eigenvalue weighted by atomic mass is 35.5. The molecule has 386 valence electrons. The van der Waals surface area contributed by atoms with Crippen LogP contribution in [-0.2, 0) is 57.6 Å². The van der Waals surface area contributed by atoms with Gasteiger partial charge >= 0.3 is 0 Å². The summed E-state index contributed by atoms with van der Waals surface area (Å²) in [5.74, 6) is -7.69. The average molecular weight is 1000 g/mol. The standard InChI is InChI=1S/C60H84Cl2O8/c1-36(2)16-20-46-53(65)51(57(69)59(55(46)67,28-24-37(3)4)29-25-38(5)6)49(63)22-18-42-33-43(35-45(61)34-42)32-41(11)17-21-47-54(66)52(50(64)23-19-44-14-12-13-15-48(44)62)58(70)60(56(47)68,30-26-39(7)8)31-27-40(9)10/h12-15,33-41,46-47,51-52H,16-32H2,1-11H3. The maximum Gasteiger partial charge on any atom is 0.164 e. The predicted octanol–water partition coefficient (Wildman–Crippen LogP) is 13.7. The summed E-state index contributed by atoms with van der Waals surface area (Å²) in [7, 11) is 0. The fourth-order valence-electron chi connectivity index (χ4n) is 10.9. The quantitative estimate of drug-likeness (QED) is 0.0769. The van der Waals surface area contributed by atoms with Gasteiger partial charge in [-0.25, -0.2) is 0 Å². The summed E-state index contributed by atoms with van der Waals surface area (Å²) in [4.78, 5) is 115. The zero-order valence-corrected chi connectivity index (χ0v) is 45.9. The molecule has 8 nitrogen and oxygen atoms in total. The van der Waals surface area contributed by atoms with Crippen LogP contribution in [-0.4, -0.2) is 46.3 Å². The van der Waals surface area contributed by atoms with Crippen LogP contribution in [0.3, 0.4) is 0 Å². The molecule has 2 aromatic carbocycles. The van der Waals surface area contributed by atoms with Crippen molar-refractivity contribution < 1.29 is 38.4 Å². The van der Waals surface area contributed by atoms with Gasteiger partial charge in [-0.05, 0) is 167 Å². The number of benzene rings is 2. The Balaban J connectivity index is 1.56. The fraction of sp³-hybridized carbons (Fsp3) is 0.667. The van der Waals surface area contributed by atoms with Crippen LogP contribution in [0.25, 0.3) is 0 Å². The first-order valence-corrected chi connectivity index (χ1v) is 27.4. The van der Waals surface area contributed by atoms with Gasteiger partial charge in [-0.2, -0.15) is 0 Å². The first-order chi connectivity index (χ1) is 32.8. The van der Waals surface area contributed by atoms with E-state index < -0.39 is 69.2 Å². The Hall–Kier alpha value is -3.62.